The average molecular weight is 507 g/mol. The highest BCUT2D eigenvalue weighted by Crippen LogP contribution is 2.10. The van der Waals surface area contributed by atoms with Gasteiger partial charge in [-0.3, -0.25) is 4.79 Å². The maximum Gasteiger partial charge on any atom is 0.242 e. The normalized spacial score (nSPS) is 17.1. The van der Waals surface area contributed by atoms with Gasteiger partial charge in [0.2, 0.25) is 5.91 Å². The fourth-order valence-corrected chi connectivity index (χ4v) is 2.83. The lowest BCUT2D eigenvalue weighted by Crippen LogP contribution is -2.44. The number of nitrogens with zero attached hydrogens (tertiary/aromatic N) is 4. The van der Waals surface area contributed by atoms with E-state index in [0.29, 0.717) is 19.0 Å². The second-order valence-electron chi connectivity index (χ2n) is 7.70. The molecule has 3 N–H and O–H groups in total. The molecule has 0 saturated carbocycles. The Hall–Kier alpha value is -1.43. The molecule has 1 aliphatic rings. The number of rotatable bonds is 8. The molecular formula is C18H34IN7O2. The Morgan fingerprint density at radius 1 is 1.39 bits per heavy atom. The number of ether oxygens (including phenoxy) is 1. The molecule has 1 fully saturated rings. The molecule has 0 spiro atoms. The van der Waals surface area contributed by atoms with Crippen molar-refractivity contribution in [2.24, 2.45) is 4.99 Å². The summed E-state index contributed by atoms with van der Waals surface area (Å²) in [4.78, 5) is 16.5. The number of nitrogens with one attached hydrogen (secondary N) is 3. The molecule has 0 radical (unpaired) electrons. The van der Waals surface area contributed by atoms with Crippen molar-refractivity contribution in [2.45, 2.75) is 65.1 Å². The van der Waals surface area contributed by atoms with Gasteiger partial charge < -0.3 is 25.3 Å². The number of aliphatic imine (C=N–C) groups is 1. The first-order valence-corrected chi connectivity index (χ1v) is 9.69. The molecule has 1 saturated heterocycles. The number of aryl methyl sites for hydroxylation is 1. The highest BCUT2D eigenvalue weighted by molar-refractivity contribution is 14.0. The van der Waals surface area contributed by atoms with E-state index >= 15 is 0 Å². The molecular weight excluding hydrogens is 473 g/mol. The zero-order valence-electron chi connectivity index (χ0n) is 17.3. The molecule has 0 aliphatic carbocycles. The molecule has 9 nitrogen and oxygen atoms in total. The maximum absolute atomic E-state index is 12.0. The molecule has 2 rings (SSSR count). The molecule has 1 atom stereocenters. The smallest absolute Gasteiger partial charge is 0.242 e. The average Bonchev–Trinajstić information content (AvgIpc) is 3.26. The lowest BCUT2D eigenvalue weighted by atomic mass is 10.1. The van der Waals surface area contributed by atoms with Gasteiger partial charge in [0.15, 0.2) is 5.96 Å². The summed E-state index contributed by atoms with van der Waals surface area (Å²) in [5.74, 6) is 1.46. The van der Waals surface area contributed by atoms with Crippen LogP contribution in [0, 0.1) is 0 Å². The summed E-state index contributed by atoms with van der Waals surface area (Å²) >= 11 is 0. The second-order valence-corrected chi connectivity index (χ2v) is 7.70. The van der Waals surface area contributed by atoms with Crippen LogP contribution in [0.2, 0.25) is 0 Å². The Bertz CT molecular complexity index is 622. The van der Waals surface area contributed by atoms with E-state index < -0.39 is 0 Å². The predicted molar refractivity (Wildman–Crippen MR) is 120 cm³/mol. The van der Waals surface area contributed by atoms with Gasteiger partial charge in [0, 0.05) is 38.2 Å². The third kappa shape index (κ3) is 9.18. The van der Waals surface area contributed by atoms with Crippen LogP contribution < -0.4 is 16.0 Å². The largest absolute Gasteiger partial charge is 0.376 e. The van der Waals surface area contributed by atoms with Gasteiger partial charge in [-0.05, 0) is 33.6 Å². The zero-order valence-corrected chi connectivity index (χ0v) is 19.7. The first-order chi connectivity index (χ1) is 12.9. The highest BCUT2D eigenvalue weighted by Gasteiger charge is 2.16. The summed E-state index contributed by atoms with van der Waals surface area (Å²) in [6.45, 7) is 10.9. The summed E-state index contributed by atoms with van der Waals surface area (Å²) in [5.41, 5.74) is -0.268. The fourth-order valence-electron chi connectivity index (χ4n) is 2.83. The van der Waals surface area contributed by atoms with Gasteiger partial charge in [-0.1, -0.05) is 6.92 Å². The van der Waals surface area contributed by atoms with Crippen molar-refractivity contribution in [1.82, 2.24) is 30.7 Å². The van der Waals surface area contributed by atoms with Gasteiger partial charge >= 0.3 is 0 Å². The van der Waals surface area contributed by atoms with E-state index in [1.807, 2.05) is 25.3 Å². The summed E-state index contributed by atoms with van der Waals surface area (Å²) in [6.07, 6.45) is 4.91. The number of halogens is 1. The Labute approximate surface area is 184 Å². The Morgan fingerprint density at radius 2 is 2.18 bits per heavy atom. The van der Waals surface area contributed by atoms with Crippen LogP contribution in [0.1, 0.15) is 46.4 Å². The molecule has 160 valence electrons. The van der Waals surface area contributed by atoms with Crippen LogP contribution in [0.25, 0.3) is 0 Å². The third-order valence-electron chi connectivity index (χ3n) is 4.07. The monoisotopic (exact) mass is 507 g/mol. The van der Waals surface area contributed by atoms with E-state index in [2.05, 4.69) is 38.1 Å². The number of carbonyl (C=O) groups is 1. The third-order valence-corrected chi connectivity index (χ3v) is 4.07. The van der Waals surface area contributed by atoms with Crippen LogP contribution in [-0.2, 0) is 22.5 Å². The number of amides is 1. The molecule has 1 amide bonds. The summed E-state index contributed by atoms with van der Waals surface area (Å²) in [7, 11) is 0. The summed E-state index contributed by atoms with van der Waals surface area (Å²) in [5, 5.41) is 17.5. The van der Waals surface area contributed by atoms with Crippen LogP contribution >= 0.6 is 24.0 Å². The quantitative estimate of drug-likeness (QED) is 0.277. The number of hydrogen-bond acceptors (Lipinski definition) is 5. The van der Waals surface area contributed by atoms with E-state index in [1.165, 1.54) is 0 Å². The van der Waals surface area contributed by atoms with E-state index in [1.54, 1.807) is 6.33 Å². The number of guanidine groups is 1. The minimum absolute atomic E-state index is 0. The minimum Gasteiger partial charge on any atom is -0.376 e. The standard InChI is InChI=1S/C18H33N7O2.HI/c1-5-15-24-22-13-25(15)9-8-19-17(20-11-14-7-6-10-27-14)21-12-16(26)23-18(2,3)4;/h13-14H,5-12H2,1-4H3,(H,23,26)(H2,19,20,21);1H. The molecule has 1 unspecified atom stereocenters. The molecule has 28 heavy (non-hydrogen) atoms. The van der Waals surface area contributed by atoms with Crippen LogP contribution in [-0.4, -0.2) is 64.5 Å². The van der Waals surface area contributed by atoms with E-state index in [-0.39, 0.29) is 48.1 Å². The number of aromatic nitrogens is 3. The Kier molecular flexibility index (Phi) is 10.7. The van der Waals surface area contributed by atoms with Gasteiger partial charge in [-0.2, -0.15) is 0 Å². The van der Waals surface area contributed by atoms with Crippen LogP contribution in [0.3, 0.4) is 0 Å². The van der Waals surface area contributed by atoms with Crippen molar-refractivity contribution in [1.29, 1.82) is 0 Å². The molecule has 2 heterocycles. The van der Waals surface area contributed by atoms with Crippen molar-refractivity contribution in [3.05, 3.63) is 12.2 Å². The molecule has 0 aromatic carbocycles. The van der Waals surface area contributed by atoms with Crippen molar-refractivity contribution >= 4 is 35.8 Å². The Balaban J connectivity index is 0.00000392. The fraction of sp³-hybridized carbons (Fsp3) is 0.778. The lowest BCUT2D eigenvalue weighted by Gasteiger charge is -2.20. The topological polar surface area (TPSA) is 105 Å². The SMILES string of the molecule is CCc1nncn1CCNC(=NCC(=O)NC(C)(C)C)NCC1CCCO1.I. The van der Waals surface area contributed by atoms with E-state index in [9.17, 15) is 4.79 Å². The van der Waals surface area contributed by atoms with Crippen LogP contribution in [0.5, 0.6) is 0 Å². The zero-order chi connectivity index (χ0) is 19.7. The maximum atomic E-state index is 12.0. The lowest BCUT2D eigenvalue weighted by molar-refractivity contribution is -0.121. The van der Waals surface area contributed by atoms with Gasteiger partial charge in [0.05, 0.1) is 6.10 Å². The van der Waals surface area contributed by atoms with Crippen molar-refractivity contribution in [2.75, 3.05) is 26.2 Å². The van der Waals surface area contributed by atoms with Crippen LogP contribution in [0.15, 0.2) is 11.3 Å². The molecule has 10 heteroatoms. The summed E-state index contributed by atoms with van der Waals surface area (Å²) < 4.78 is 7.65. The van der Waals surface area contributed by atoms with Gasteiger partial charge in [0.25, 0.3) is 0 Å². The highest BCUT2D eigenvalue weighted by atomic mass is 127. The number of hydrogen-bond donors (Lipinski definition) is 3. The van der Waals surface area contributed by atoms with Crippen molar-refractivity contribution in [3.8, 4) is 0 Å². The first-order valence-electron chi connectivity index (χ1n) is 9.69. The Morgan fingerprint density at radius 3 is 2.82 bits per heavy atom. The van der Waals surface area contributed by atoms with Crippen LogP contribution in [0.4, 0.5) is 0 Å². The van der Waals surface area contributed by atoms with Gasteiger partial charge in [0.1, 0.15) is 18.7 Å². The van der Waals surface area contributed by atoms with Gasteiger partial charge in [-0.25, -0.2) is 4.99 Å². The summed E-state index contributed by atoms with van der Waals surface area (Å²) in [6, 6.07) is 0. The molecule has 1 aromatic heterocycles. The second kappa shape index (κ2) is 12.2. The molecule has 0 bridgehead atoms. The molecule has 1 aromatic rings. The van der Waals surface area contributed by atoms with Crippen molar-refractivity contribution in [3.63, 3.8) is 0 Å². The molecule has 1 aliphatic heterocycles. The first kappa shape index (κ1) is 24.6. The van der Waals surface area contributed by atoms with E-state index in [0.717, 1.165) is 38.2 Å². The predicted octanol–water partition coefficient (Wildman–Crippen LogP) is 1.09. The van der Waals surface area contributed by atoms with Gasteiger partial charge in [-0.15, -0.1) is 34.2 Å². The van der Waals surface area contributed by atoms with E-state index in [4.69, 9.17) is 4.74 Å². The van der Waals surface area contributed by atoms with Crippen molar-refractivity contribution < 1.29 is 9.53 Å². The number of carbonyl (C=O) groups excluding carboxylic acids is 1. The minimum atomic E-state index is -0.268.